The summed E-state index contributed by atoms with van der Waals surface area (Å²) in [6.45, 7) is -6.10. The van der Waals surface area contributed by atoms with Gasteiger partial charge in [-0.2, -0.15) is 52.7 Å². The number of aromatic carboxylic acids is 1. The highest BCUT2D eigenvalue weighted by Gasteiger charge is 2.75. The molecular formula is C17H12F14O4. The van der Waals surface area contributed by atoms with Crippen LogP contribution in [0.1, 0.15) is 17.3 Å². The molecule has 0 spiro atoms. The number of benzene rings is 1. The fourth-order valence-electron chi connectivity index (χ4n) is 2.09. The minimum atomic E-state index is -6.76. The molecule has 0 saturated heterocycles. The predicted octanol–water partition coefficient (Wildman–Crippen LogP) is 6.24. The van der Waals surface area contributed by atoms with Crippen molar-refractivity contribution in [3.63, 3.8) is 0 Å². The molecule has 0 aliphatic carbocycles. The number of hydrogen-bond donors (Lipinski definition) is 1. The van der Waals surface area contributed by atoms with Crippen LogP contribution in [0.5, 0.6) is 11.5 Å². The Hall–Kier alpha value is -2.69. The van der Waals surface area contributed by atoms with Gasteiger partial charge in [0.25, 0.3) is 0 Å². The van der Waals surface area contributed by atoms with Gasteiger partial charge >= 0.3 is 47.9 Å². The van der Waals surface area contributed by atoms with Gasteiger partial charge in [-0.3, -0.25) is 0 Å². The largest absolute Gasteiger partial charge is 0.483 e. The molecule has 1 aromatic carbocycles. The Balaban J connectivity index is 3.29. The zero-order chi connectivity index (χ0) is 27.8. The predicted molar refractivity (Wildman–Crippen MR) is 85.8 cm³/mol. The molecule has 0 bridgehead atoms. The van der Waals surface area contributed by atoms with Crippen LogP contribution in [0, 0.1) is 0 Å². The van der Waals surface area contributed by atoms with Gasteiger partial charge in [0.05, 0.1) is 5.56 Å². The second-order valence-corrected chi connectivity index (χ2v) is 6.91. The van der Waals surface area contributed by atoms with E-state index in [4.69, 9.17) is 5.11 Å². The number of rotatable bonds is 12. The molecule has 0 atom stereocenters. The molecule has 0 amide bonds. The Bertz CT molecular complexity index is 911. The van der Waals surface area contributed by atoms with Crippen LogP contribution in [0.3, 0.4) is 0 Å². The lowest BCUT2D eigenvalue weighted by atomic mass is 10.1. The Kier molecular flexibility index (Phi) is 8.15. The van der Waals surface area contributed by atoms with E-state index < -0.39 is 85.1 Å². The summed E-state index contributed by atoms with van der Waals surface area (Å²) < 4.78 is 192. The highest BCUT2D eigenvalue weighted by molar-refractivity contribution is 5.88. The topological polar surface area (TPSA) is 55.8 Å². The SMILES string of the molecule is CC(F)(F)C(F)(F)C(F)(F)COc1ccc(C(=O)O)cc1OCC(F)(F)C(F)(F)C(F)(F)C(F)F. The van der Waals surface area contributed by atoms with Crippen LogP contribution in [0.25, 0.3) is 0 Å². The second-order valence-electron chi connectivity index (χ2n) is 6.91. The molecule has 1 aromatic rings. The monoisotopic (exact) mass is 546 g/mol. The molecule has 35 heavy (non-hydrogen) atoms. The quantitative estimate of drug-likeness (QED) is 0.316. The van der Waals surface area contributed by atoms with E-state index in [1.807, 2.05) is 0 Å². The molecule has 0 saturated carbocycles. The van der Waals surface area contributed by atoms with Crippen molar-refractivity contribution in [3.05, 3.63) is 23.8 Å². The summed E-state index contributed by atoms with van der Waals surface area (Å²) in [5.74, 6) is -41.3. The van der Waals surface area contributed by atoms with Gasteiger partial charge in [0.1, 0.15) is 0 Å². The summed E-state index contributed by atoms with van der Waals surface area (Å²) in [7, 11) is 0. The minimum absolute atomic E-state index is 0.0991. The fraction of sp³-hybridized carbons (Fsp3) is 0.588. The van der Waals surface area contributed by atoms with Crippen molar-refractivity contribution in [1.29, 1.82) is 0 Å². The number of hydrogen-bond acceptors (Lipinski definition) is 3. The van der Waals surface area contributed by atoms with E-state index in [1.54, 1.807) is 0 Å². The van der Waals surface area contributed by atoms with Gasteiger partial charge in [0.2, 0.25) is 0 Å². The molecular weight excluding hydrogens is 534 g/mol. The summed E-state index contributed by atoms with van der Waals surface area (Å²) in [6, 6.07) is 0.815. The molecule has 0 unspecified atom stereocenters. The summed E-state index contributed by atoms with van der Waals surface area (Å²) in [6.07, 6.45) is -5.28. The zero-order valence-corrected chi connectivity index (χ0v) is 16.7. The molecule has 18 heteroatoms. The molecule has 0 heterocycles. The van der Waals surface area contributed by atoms with Crippen molar-refractivity contribution < 1.29 is 80.8 Å². The van der Waals surface area contributed by atoms with Gasteiger partial charge < -0.3 is 14.6 Å². The lowest BCUT2D eigenvalue weighted by Gasteiger charge is -2.32. The Morgan fingerprint density at radius 3 is 1.63 bits per heavy atom. The number of ether oxygens (including phenoxy) is 2. The second kappa shape index (κ2) is 9.40. The minimum Gasteiger partial charge on any atom is -0.483 e. The molecule has 202 valence electrons. The first-order valence-corrected chi connectivity index (χ1v) is 8.60. The van der Waals surface area contributed by atoms with Gasteiger partial charge in [-0.1, -0.05) is 0 Å². The van der Waals surface area contributed by atoms with Gasteiger partial charge in [0, 0.05) is 6.92 Å². The van der Waals surface area contributed by atoms with Crippen LogP contribution in [-0.2, 0) is 0 Å². The van der Waals surface area contributed by atoms with E-state index in [1.165, 1.54) is 0 Å². The van der Waals surface area contributed by atoms with Crippen LogP contribution in [0.2, 0.25) is 0 Å². The Morgan fingerprint density at radius 2 is 1.23 bits per heavy atom. The van der Waals surface area contributed by atoms with E-state index in [-0.39, 0.29) is 12.1 Å². The van der Waals surface area contributed by atoms with Gasteiger partial charge in [0.15, 0.2) is 24.7 Å². The lowest BCUT2D eigenvalue weighted by molar-refractivity contribution is -0.342. The third-order valence-corrected chi connectivity index (χ3v) is 4.17. The molecule has 4 nitrogen and oxygen atoms in total. The van der Waals surface area contributed by atoms with Crippen molar-refractivity contribution in [2.24, 2.45) is 0 Å². The van der Waals surface area contributed by atoms with E-state index in [2.05, 4.69) is 9.47 Å². The van der Waals surface area contributed by atoms with Gasteiger partial charge in [-0.25, -0.2) is 13.6 Å². The van der Waals surface area contributed by atoms with Crippen molar-refractivity contribution >= 4 is 5.97 Å². The van der Waals surface area contributed by atoms with Gasteiger partial charge in [-0.15, -0.1) is 0 Å². The van der Waals surface area contributed by atoms with E-state index >= 15 is 0 Å². The molecule has 1 rings (SSSR count). The molecule has 0 radical (unpaired) electrons. The number of halogens is 14. The van der Waals surface area contributed by atoms with Gasteiger partial charge in [-0.05, 0) is 18.2 Å². The number of carboxylic acids is 1. The van der Waals surface area contributed by atoms with Crippen LogP contribution < -0.4 is 9.47 Å². The standard InChI is InChI=1S/C17H12F14O4/c1-12(20,21)16(28,29)13(22,23)5-34-8-3-2-7(10(32)33)4-9(8)35-6-14(24,25)17(30,31)15(26,27)11(18)19/h2-4,11H,5-6H2,1H3,(H,32,33). The molecule has 0 aliphatic heterocycles. The van der Waals surface area contributed by atoms with Crippen LogP contribution in [-0.4, -0.2) is 66.3 Å². The normalized spacial score (nSPS) is 14.3. The first-order valence-electron chi connectivity index (χ1n) is 8.60. The fourth-order valence-corrected chi connectivity index (χ4v) is 2.09. The molecule has 0 fully saturated rings. The third kappa shape index (κ3) is 5.76. The van der Waals surface area contributed by atoms with Crippen molar-refractivity contribution in [2.45, 2.75) is 48.9 Å². The summed E-state index contributed by atoms with van der Waals surface area (Å²) in [4.78, 5) is 10.9. The molecule has 1 N–H and O–H groups in total. The van der Waals surface area contributed by atoms with E-state index in [0.29, 0.717) is 6.07 Å². The summed E-state index contributed by atoms with van der Waals surface area (Å²) in [5.41, 5.74) is -0.961. The smallest absolute Gasteiger partial charge is 0.381 e. The number of carboxylic acid groups (broad SMARTS) is 1. The molecule has 0 aliphatic rings. The maximum Gasteiger partial charge on any atom is 0.381 e. The highest BCUT2D eigenvalue weighted by Crippen LogP contribution is 2.49. The van der Waals surface area contributed by atoms with E-state index in [0.717, 1.165) is 0 Å². The summed E-state index contributed by atoms with van der Waals surface area (Å²) in [5, 5.41) is 8.83. The summed E-state index contributed by atoms with van der Waals surface area (Å²) >= 11 is 0. The van der Waals surface area contributed by atoms with E-state index in [9.17, 15) is 66.3 Å². The zero-order valence-electron chi connectivity index (χ0n) is 16.7. The Labute approximate surface area is 185 Å². The Morgan fingerprint density at radius 1 is 0.800 bits per heavy atom. The number of carbonyl (C=O) groups is 1. The lowest BCUT2D eigenvalue weighted by Crippen LogP contribution is -2.59. The van der Waals surface area contributed by atoms with Crippen LogP contribution >= 0.6 is 0 Å². The van der Waals surface area contributed by atoms with Crippen LogP contribution in [0.15, 0.2) is 18.2 Å². The average molecular weight is 546 g/mol. The van der Waals surface area contributed by atoms with Crippen molar-refractivity contribution in [2.75, 3.05) is 13.2 Å². The first kappa shape index (κ1) is 30.3. The number of alkyl halides is 14. The van der Waals surface area contributed by atoms with Crippen LogP contribution in [0.4, 0.5) is 61.5 Å². The first-order chi connectivity index (χ1) is 15.4. The van der Waals surface area contributed by atoms with Crippen molar-refractivity contribution in [3.8, 4) is 11.5 Å². The molecule has 0 aromatic heterocycles. The highest BCUT2D eigenvalue weighted by atomic mass is 19.4. The van der Waals surface area contributed by atoms with Crippen molar-refractivity contribution in [1.82, 2.24) is 0 Å². The average Bonchev–Trinajstić information content (AvgIpc) is 2.69. The third-order valence-electron chi connectivity index (χ3n) is 4.17. The maximum atomic E-state index is 13.6. The maximum absolute atomic E-state index is 13.6.